The maximum Gasteiger partial charge on any atom is 0.256 e. The van der Waals surface area contributed by atoms with Crippen molar-refractivity contribution in [3.05, 3.63) is 60.5 Å². The molecule has 0 aliphatic heterocycles. The van der Waals surface area contributed by atoms with Crippen molar-refractivity contribution in [2.45, 2.75) is 5.88 Å². The molecule has 0 amide bonds. The Balaban J connectivity index is 1.78. The second-order valence-corrected chi connectivity index (χ2v) is 6.14. The van der Waals surface area contributed by atoms with Crippen LogP contribution >= 0.6 is 22.9 Å². The van der Waals surface area contributed by atoms with Crippen LogP contribution in [0.1, 0.15) is 5.69 Å². The van der Waals surface area contributed by atoms with Crippen molar-refractivity contribution in [3.63, 3.8) is 0 Å². The Kier molecular flexibility index (Phi) is 3.41. The van der Waals surface area contributed by atoms with Crippen molar-refractivity contribution in [2.75, 3.05) is 0 Å². The van der Waals surface area contributed by atoms with E-state index in [4.69, 9.17) is 16.0 Å². The monoisotopic (exact) mass is 326 g/mol. The minimum atomic E-state index is 0.340. The first-order valence-corrected chi connectivity index (χ1v) is 8.15. The van der Waals surface area contributed by atoms with Crippen LogP contribution in [-0.4, -0.2) is 9.97 Å². The summed E-state index contributed by atoms with van der Waals surface area (Å²) in [7, 11) is 0. The number of oxazole rings is 1. The average Bonchev–Trinajstić information content (AvgIpc) is 3.21. The van der Waals surface area contributed by atoms with Crippen LogP contribution in [0, 0.1) is 0 Å². The summed E-state index contributed by atoms with van der Waals surface area (Å²) in [5.41, 5.74) is 4.01. The summed E-state index contributed by atoms with van der Waals surface area (Å²) in [6.45, 7) is 0. The second kappa shape index (κ2) is 5.55. The third kappa shape index (κ3) is 2.40. The number of halogens is 1. The van der Waals surface area contributed by atoms with Gasteiger partial charge in [-0.25, -0.2) is 9.97 Å². The summed E-state index contributed by atoms with van der Waals surface area (Å²) >= 11 is 7.32. The van der Waals surface area contributed by atoms with Gasteiger partial charge < -0.3 is 4.42 Å². The molecule has 0 atom stereocenters. The number of thiazole rings is 1. The molecule has 3 nitrogen and oxygen atoms in total. The highest BCUT2D eigenvalue weighted by molar-refractivity contribution is 7.21. The van der Waals surface area contributed by atoms with E-state index >= 15 is 0 Å². The van der Waals surface area contributed by atoms with E-state index in [-0.39, 0.29) is 0 Å². The third-order valence-corrected chi connectivity index (χ3v) is 4.66. The van der Waals surface area contributed by atoms with E-state index in [2.05, 4.69) is 40.3 Å². The standard InChI is InChI=1S/C17H11ClN2OS/c18-9-13-10-21-16(19-13)17-20-14-8-12(6-7-15(14)22-17)11-4-2-1-3-5-11/h1-8,10H,9H2. The second-order valence-electron chi connectivity index (χ2n) is 4.85. The predicted octanol–water partition coefficient (Wildman–Crippen LogP) is 5.36. The molecule has 0 fully saturated rings. The molecule has 0 saturated carbocycles. The van der Waals surface area contributed by atoms with E-state index in [0.717, 1.165) is 26.5 Å². The molecular formula is C17H11ClN2OS. The van der Waals surface area contributed by atoms with Gasteiger partial charge in [0.1, 0.15) is 6.26 Å². The highest BCUT2D eigenvalue weighted by Gasteiger charge is 2.12. The van der Waals surface area contributed by atoms with E-state index in [1.54, 1.807) is 17.6 Å². The SMILES string of the molecule is ClCc1coc(-c2nc3cc(-c4ccccc4)ccc3s2)n1. The smallest absolute Gasteiger partial charge is 0.256 e. The van der Waals surface area contributed by atoms with Gasteiger partial charge in [-0.15, -0.1) is 22.9 Å². The van der Waals surface area contributed by atoms with Crippen molar-refractivity contribution < 1.29 is 4.42 Å². The van der Waals surface area contributed by atoms with Crippen molar-refractivity contribution in [2.24, 2.45) is 0 Å². The van der Waals surface area contributed by atoms with Gasteiger partial charge in [-0.3, -0.25) is 0 Å². The summed E-state index contributed by atoms with van der Waals surface area (Å²) in [4.78, 5) is 8.96. The van der Waals surface area contributed by atoms with E-state index in [1.807, 2.05) is 18.2 Å². The average molecular weight is 327 g/mol. The highest BCUT2D eigenvalue weighted by Crippen LogP contribution is 2.32. The lowest BCUT2D eigenvalue weighted by Gasteiger charge is -2.00. The molecule has 0 aliphatic carbocycles. The van der Waals surface area contributed by atoms with E-state index in [0.29, 0.717) is 11.8 Å². The zero-order valence-electron chi connectivity index (χ0n) is 11.5. The van der Waals surface area contributed by atoms with Crippen molar-refractivity contribution in [1.82, 2.24) is 9.97 Å². The molecule has 0 saturated heterocycles. The molecule has 2 heterocycles. The summed E-state index contributed by atoms with van der Waals surface area (Å²) in [5, 5.41) is 0.775. The van der Waals surface area contributed by atoms with E-state index in [1.165, 1.54) is 5.56 Å². The fourth-order valence-electron chi connectivity index (χ4n) is 2.30. The normalized spacial score (nSPS) is 11.1. The first kappa shape index (κ1) is 13.5. The van der Waals surface area contributed by atoms with E-state index < -0.39 is 0 Å². The molecule has 0 N–H and O–H groups in total. The zero-order valence-corrected chi connectivity index (χ0v) is 13.1. The van der Waals surface area contributed by atoms with Gasteiger partial charge in [0.2, 0.25) is 0 Å². The molecule has 0 aliphatic rings. The molecule has 4 rings (SSSR count). The van der Waals surface area contributed by atoms with Crippen LogP contribution in [0.15, 0.2) is 59.2 Å². The Hall–Kier alpha value is -2.17. The number of hydrogen-bond acceptors (Lipinski definition) is 4. The number of aromatic nitrogens is 2. The molecule has 0 bridgehead atoms. The summed E-state index contributed by atoms with van der Waals surface area (Å²) in [5.74, 6) is 0.866. The lowest BCUT2D eigenvalue weighted by Crippen LogP contribution is -1.79. The maximum atomic E-state index is 5.76. The summed E-state index contributed by atoms with van der Waals surface area (Å²) in [6.07, 6.45) is 1.57. The molecule has 0 unspecified atom stereocenters. The minimum Gasteiger partial charge on any atom is -0.442 e. The molecule has 2 aromatic carbocycles. The first-order chi connectivity index (χ1) is 10.8. The Labute approximate surface area is 136 Å². The quantitative estimate of drug-likeness (QED) is 0.476. The molecule has 0 spiro atoms. The number of alkyl halides is 1. The van der Waals surface area contributed by atoms with Crippen molar-refractivity contribution >= 4 is 33.2 Å². The van der Waals surface area contributed by atoms with Crippen molar-refractivity contribution in [1.29, 1.82) is 0 Å². The fourth-order valence-corrected chi connectivity index (χ4v) is 3.30. The molecule has 0 radical (unpaired) electrons. The molecule has 2 aromatic heterocycles. The van der Waals surface area contributed by atoms with Crippen LogP contribution in [-0.2, 0) is 5.88 Å². The predicted molar refractivity (Wildman–Crippen MR) is 90.1 cm³/mol. The Bertz CT molecular complexity index is 930. The van der Waals surface area contributed by atoms with Gasteiger partial charge in [-0.2, -0.15) is 0 Å². The first-order valence-electron chi connectivity index (χ1n) is 6.80. The fraction of sp³-hybridized carbons (Fsp3) is 0.0588. The molecule has 108 valence electrons. The third-order valence-electron chi connectivity index (χ3n) is 3.37. The molecular weight excluding hydrogens is 316 g/mol. The highest BCUT2D eigenvalue weighted by atomic mass is 35.5. The van der Waals surface area contributed by atoms with Gasteiger partial charge >= 0.3 is 0 Å². The molecule has 5 heteroatoms. The number of hydrogen-bond donors (Lipinski definition) is 0. The molecule has 4 aromatic rings. The van der Waals surface area contributed by atoms with Gasteiger partial charge in [-0.1, -0.05) is 36.4 Å². The van der Waals surface area contributed by atoms with Crippen LogP contribution in [0.25, 0.3) is 32.2 Å². The van der Waals surface area contributed by atoms with Gasteiger partial charge in [0, 0.05) is 0 Å². The van der Waals surface area contributed by atoms with Crippen LogP contribution in [0.4, 0.5) is 0 Å². The number of benzene rings is 2. The minimum absolute atomic E-state index is 0.340. The number of rotatable bonds is 3. The zero-order chi connectivity index (χ0) is 14.9. The van der Waals surface area contributed by atoms with Crippen LogP contribution in [0.3, 0.4) is 0 Å². The van der Waals surface area contributed by atoms with Crippen LogP contribution in [0.5, 0.6) is 0 Å². The number of nitrogens with zero attached hydrogens (tertiary/aromatic N) is 2. The molecule has 22 heavy (non-hydrogen) atoms. The van der Waals surface area contributed by atoms with Crippen molar-refractivity contribution in [3.8, 4) is 22.0 Å². The van der Waals surface area contributed by atoms with Gasteiger partial charge in [-0.05, 0) is 23.3 Å². The largest absolute Gasteiger partial charge is 0.442 e. The van der Waals surface area contributed by atoms with Gasteiger partial charge in [0.15, 0.2) is 5.01 Å². The van der Waals surface area contributed by atoms with Gasteiger partial charge in [0.05, 0.1) is 21.8 Å². The lowest BCUT2D eigenvalue weighted by molar-refractivity contribution is 0.573. The number of fused-ring (bicyclic) bond motifs is 1. The maximum absolute atomic E-state index is 5.76. The Morgan fingerprint density at radius 1 is 1.00 bits per heavy atom. The topological polar surface area (TPSA) is 38.9 Å². The van der Waals surface area contributed by atoms with Crippen LogP contribution in [0.2, 0.25) is 0 Å². The summed E-state index contributed by atoms with van der Waals surface area (Å²) < 4.78 is 6.55. The Morgan fingerprint density at radius 2 is 1.86 bits per heavy atom. The van der Waals surface area contributed by atoms with E-state index in [9.17, 15) is 0 Å². The summed E-state index contributed by atoms with van der Waals surface area (Å²) in [6, 6.07) is 16.6. The Morgan fingerprint density at radius 3 is 2.64 bits per heavy atom. The lowest BCUT2D eigenvalue weighted by atomic mass is 10.1. The van der Waals surface area contributed by atoms with Crippen LogP contribution < -0.4 is 0 Å². The van der Waals surface area contributed by atoms with Gasteiger partial charge in [0.25, 0.3) is 5.89 Å².